The van der Waals surface area contributed by atoms with Crippen molar-refractivity contribution in [2.24, 2.45) is 5.73 Å². The Hall–Kier alpha value is -1.10. The lowest BCUT2D eigenvalue weighted by Gasteiger charge is -2.33. The van der Waals surface area contributed by atoms with Gasteiger partial charge in [-0.3, -0.25) is 4.90 Å². The van der Waals surface area contributed by atoms with E-state index in [0.717, 1.165) is 32.1 Å². The first-order valence-corrected chi connectivity index (χ1v) is 6.93. The van der Waals surface area contributed by atoms with Crippen LogP contribution >= 0.6 is 0 Å². The van der Waals surface area contributed by atoms with Crippen molar-refractivity contribution in [3.63, 3.8) is 0 Å². The van der Waals surface area contributed by atoms with Crippen molar-refractivity contribution in [3.8, 4) is 5.75 Å². The van der Waals surface area contributed by atoms with Gasteiger partial charge in [-0.05, 0) is 31.0 Å². The van der Waals surface area contributed by atoms with Crippen molar-refractivity contribution in [2.75, 3.05) is 39.5 Å². The van der Waals surface area contributed by atoms with E-state index in [-0.39, 0.29) is 6.04 Å². The van der Waals surface area contributed by atoms with Gasteiger partial charge in [0, 0.05) is 19.6 Å². The summed E-state index contributed by atoms with van der Waals surface area (Å²) in [5, 5.41) is 0. The summed E-state index contributed by atoms with van der Waals surface area (Å²) in [7, 11) is 0. The first kappa shape index (κ1) is 14.3. The molecule has 1 unspecified atom stereocenters. The van der Waals surface area contributed by atoms with Crippen molar-refractivity contribution in [2.45, 2.75) is 19.9 Å². The molecule has 2 rings (SSSR count). The highest BCUT2D eigenvalue weighted by Crippen LogP contribution is 2.21. The zero-order chi connectivity index (χ0) is 13.7. The van der Waals surface area contributed by atoms with E-state index in [4.69, 9.17) is 15.2 Å². The van der Waals surface area contributed by atoms with Crippen molar-refractivity contribution >= 4 is 0 Å². The van der Waals surface area contributed by atoms with E-state index in [9.17, 15) is 0 Å². The second-order valence-corrected chi connectivity index (χ2v) is 5.05. The largest absolute Gasteiger partial charge is 0.492 e. The fourth-order valence-corrected chi connectivity index (χ4v) is 2.33. The van der Waals surface area contributed by atoms with Crippen LogP contribution in [0.3, 0.4) is 0 Å². The Balaban J connectivity index is 1.93. The highest BCUT2D eigenvalue weighted by molar-refractivity contribution is 5.38. The summed E-state index contributed by atoms with van der Waals surface area (Å²) in [6, 6.07) is 6.42. The van der Waals surface area contributed by atoms with Gasteiger partial charge in [0.2, 0.25) is 0 Å². The predicted octanol–water partition coefficient (Wildman–Crippen LogP) is 1.34. The third-order valence-corrected chi connectivity index (χ3v) is 3.82. The van der Waals surface area contributed by atoms with Crippen molar-refractivity contribution in [1.29, 1.82) is 0 Å². The number of ether oxygens (including phenoxy) is 2. The minimum Gasteiger partial charge on any atom is -0.492 e. The smallest absolute Gasteiger partial charge is 0.122 e. The lowest BCUT2D eigenvalue weighted by molar-refractivity contribution is 0.00818. The minimum absolute atomic E-state index is 0.267. The summed E-state index contributed by atoms with van der Waals surface area (Å²) >= 11 is 0. The van der Waals surface area contributed by atoms with Gasteiger partial charge in [0.05, 0.1) is 19.3 Å². The topological polar surface area (TPSA) is 47.7 Å². The van der Waals surface area contributed by atoms with E-state index in [0.29, 0.717) is 13.2 Å². The van der Waals surface area contributed by atoms with Gasteiger partial charge in [-0.1, -0.05) is 12.1 Å². The van der Waals surface area contributed by atoms with Gasteiger partial charge in [0.1, 0.15) is 12.4 Å². The number of aryl methyl sites for hydroxylation is 1. The zero-order valence-electron chi connectivity index (χ0n) is 11.9. The molecular weight excluding hydrogens is 240 g/mol. The summed E-state index contributed by atoms with van der Waals surface area (Å²) in [4.78, 5) is 2.36. The molecule has 0 bridgehead atoms. The van der Waals surface area contributed by atoms with E-state index < -0.39 is 0 Å². The molecule has 1 aromatic rings. The number of benzene rings is 1. The van der Waals surface area contributed by atoms with Gasteiger partial charge in [-0.15, -0.1) is 0 Å². The minimum atomic E-state index is 0.267. The molecule has 1 saturated heterocycles. The predicted molar refractivity (Wildman–Crippen MR) is 76.6 cm³/mol. The van der Waals surface area contributed by atoms with E-state index in [2.05, 4.69) is 24.8 Å². The molecule has 0 spiro atoms. The third-order valence-electron chi connectivity index (χ3n) is 3.82. The number of nitrogens with zero attached hydrogens (tertiary/aromatic N) is 1. The number of hydrogen-bond donors (Lipinski definition) is 1. The molecule has 106 valence electrons. The zero-order valence-corrected chi connectivity index (χ0v) is 11.9. The third kappa shape index (κ3) is 3.69. The summed E-state index contributed by atoms with van der Waals surface area (Å²) < 4.78 is 11.3. The Bertz CT molecular complexity index is 403. The molecular formula is C15H24N2O2. The highest BCUT2D eigenvalue weighted by atomic mass is 16.5. The Kier molecular flexibility index (Phi) is 5.19. The normalized spacial score (nSPS) is 18.3. The lowest BCUT2D eigenvalue weighted by atomic mass is 10.1. The summed E-state index contributed by atoms with van der Waals surface area (Å²) in [6.45, 7) is 8.92. The van der Waals surface area contributed by atoms with Gasteiger partial charge in [0.15, 0.2) is 0 Å². The first-order chi connectivity index (χ1) is 9.22. The van der Waals surface area contributed by atoms with Gasteiger partial charge < -0.3 is 15.2 Å². The molecule has 4 heteroatoms. The maximum absolute atomic E-state index is 5.96. The molecule has 4 nitrogen and oxygen atoms in total. The van der Waals surface area contributed by atoms with Crippen LogP contribution in [0.5, 0.6) is 5.75 Å². The van der Waals surface area contributed by atoms with E-state index in [1.807, 2.05) is 12.1 Å². The Morgan fingerprint density at radius 3 is 2.74 bits per heavy atom. The molecule has 0 saturated carbocycles. The Labute approximate surface area is 115 Å². The summed E-state index contributed by atoms with van der Waals surface area (Å²) in [6.07, 6.45) is 0. The van der Waals surface area contributed by atoms with Crippen molar-refractivity contribution in [1.82, 2.24) is 4.90 Å². The van der Waals surface area contributed by atoms with Crippen molar-refractivity contribution < 1.29 is 9.47 Å². The standard InChI is InChI=1S/C15H24N2O2/c1-12-4-3-5-15(13(12)2)19-11-14(10-16)17-6-8-18-9-7-17/h3-5,14H,6-11,16H2,1-2H3. The van der Waals surface area contributed by atoms with E-state index >= 15 is 0 Å². The molecule has 19 heavy (non-hydrogen) atoms. The van der Waals surface area contributed by atoms with Crippen LogP contribution in [-0.4, -0.2) is 50.4 Å². The van der Waals surface area contributed by atoms with E-state index in [1.165, 1.54) is 11.1 Å². The van der Waals surface area contributed by atoms with Gasteiger partial charge in [0.25, 0.3) is 0 Å². The molecule has 0 aromatic heterocycles. The summed E-state index contributed by atoms with van der Waals surface area (Å²) in [5.74, 6) is 0.965. The number of nitrogens with two attached hydrogens (primary N) is 1. The fourth-order valence-electron chi connectivity index (χ4n) is 2.33. The number of hydrogen-bond acceptors (Lipinski definition) is 4. The SMILES string of the molecule is Cc1cccc(OCC(CN)N2CCOCC2)c1C. The molecule has 1 heterocycles. The fraction of sp³-hybridized carbons (Fsp3) is 0.600. The quantitative estimate of drug-likeness (QED) is 0.872. The first-order valence-electron chi connectivity index (χ1n) is 6.93. The molecule has 0 aliphatic carbocycles. The molecule has 1 aromatic carbocycles. The van der Waals surface area contributed by atoms with E-state index in [1.54, 1.807) is 0 Å². The molecule has 2 N–H and O–H groups in total. The maximum Gasteiger partial charge on any atom is 0.122 e. The Morgan fingerprint density at radius 1 is 1.32 bits per heavy atom. The highest BCUT2D eigenvalue weighted by Gasteiger charge is 2.20. The van der Waals surface area contributed by atoms with Crippen LogP contribution in [0.25, 0.3) is 0 Å². The van der Waals surface area contributed by atoms with Crippen LogP contribution in [0.15, 0.2) is 18.2 Å². The van der Waals surface area contributed by atoms with Crippen LogP contribution in [0, 0.1) is 13.8 Å². The second-order valence-electron chi connectivity index (χ2n) is 5.05. The molecule has 0 amide bonds. The molecule has 1 atom stereocenters. The summed E-state index contributed by atoms with van der Waals surface area (Å²) in [5.41, 5.74) is 8.34. The van der Waals surface area contributed by atoms with Crippen LogP contribution < -0.4 is 10.5 Å². The average molecular weight is 264 g/mol. The number of morpholine rings is 1. The lowest BCUT2D eigenvalue weighted by Crippen LogP contribution is -2.49. The maximum atomic E-state index is 5.96. The molecule has 1 fully saturated rings. The monoisotopic (exact) mass is 264 g/mol. The van der Waals surface area contributed by atoms with Crippen LogP contribution in [0.4, 0.5) is 0 Å². The Morgan fingerprint density at radius 2 is 2.05 bits per heavy atom. The van der Waals surface area contributed by atoms with Gasteiger partial charge >= 0.3 is 0 Å². The van der Waals surface area contributed by atoms with Crippen molar-refractivity contribution in [3.05, 3.63) is 29.3 Å². The second kappa shape index (κ2) is 6.89. The number of rotatable bonds is 5. The van der Waals surface area contributed by atoms with Gasteiger partial charge in [-0.2, -0.15) is 0 Å². The van der Waals surface area contributed by atoms with Crippen LogP contribution in [0.1, 0.15) is 11.1 Å². The van der Waals surface area contributed by atoms with Crippen LogP contribution in [-0.2, 0) is 4.74 Å². The van der Waals surface area contributed by atoms with Gasteiger partial charge in [-0.25, -0.2) is 0 Å². The molecule has 1 aliphatic rings. The molecule has 0 radical (unpaired) electrons. The van der Waals surface area contributed by atoms with Crippen LogP contribution in [0.2, 0.25) is 0 Å². The molecule has 1 aliphatic heterocycles. The average Bonchev–Trinajstić information content (AvgIpc) is 2.45.